The van der Waals surface area contributed by atoms with Gasteiger partial charge >= 0.3 is 6.03 Å². The Bertz CT molecular complexity index is 823. The third-order valence-corrected chi connectivity index (χ3v) is 4.70. The van der Waals surface area contributed by atoms with Crippen LogP contribution in [-0.2, 0) is 6.54 Å². The van der Waals surface area contributed by atoms with Crippen LogP contribution in [0.5, 0.6) is 0 Å². The van der Waals surface area contributed by atoms with Crippen molar-refractivity contribution in [2.45, 2.75) is 32.9 Å². The Morgan fingerprint density at radius 2 is 1.59 bits per heavy atom. The Balaban J connectivity index is 1.48. The number of hydrogen-bond donors (Lipinski definition) is 2. The van der Waals surface area contributed by atoms with Gasteiger partial charge in [-0.2, -0.15) is 0 Å². The van der Waals surface area contributed by atoms with Crippen LogP contribution in [0.4, 0.5) is 10.5 Å². The number of piperazine rings is 1. The van der Waals surface area contributed by atoms with Crippen LogP contribution in [0, 0.1) is 0 Å². The summed E-state index contributed by atoms with van der Waals surface area (Å²) in [6.07, 6.45) is 3.61. The van der Waals surface area contributed by atoms with E-state index in [1.54, 1.807) is 36.7 Å². The number of amides is 3. The maximum absolute atomic E-state index is 12.5. The van der Waals surface area contributed by atoms with Crippen LogP contribution in [-0.4, -0.2) is 58.4 Å². The van der Waals surface area contributed by atoms with Gasteiger partial charge in [0.2, 0.25) is 0 Å². The summed E-state index contributed by atoms with van der Waals surface area (Å²) in [4.78, 5) is 32.9. The van der Waals surface area contributed by atoms with E-state index in [0.717, 1.165) is 19.6 Å². The number of carbonyl (C=O) groups excluding carboxylic acids is 2. The van der Waals surface area contributed by atoms with Crippen molar-refractivity contribution in [1.82, 2.24) is 20.1 Å². The monoisotopic (exact) mass is 395 g/mol. The maximum Gasteiger partial charge on any atom is 0.321 e. The summed E-state index contributed by atoms with van der Waals surface area (Å²) in [7, 11) is 0. The van der Waals surface area contributed by atoms with Crippen molar-refractivity contribution in [1.29, 1.82) is 0 Å². The van der Waals surface area contributed by atoms with Crippen LogP contribution >= 0.6 is 0 Å². The first-order chi connectivity index (χ1) is 13.8. The second-order valence-electron chi connectivity index (χ2n) is 8.33. The first-order valence-electron chi connectivity index (χ1n) is 9.90. The molecule has 29 heavy (non-hydrogen) atoms. The number of carbonyl (C=O) groups is 2. The third-order valence-electron chi connectivity index (χ3n) is 4.70. The maximum atomic E-state index is 12.5. The lowest BCUT2D eigenvalue weighted by atomic mass is 10.1. The Morgan fingerprint density at radius 3 is 2.17 bits per heavy atom. The Labute approximate surface area is 172 Å². The Kier molecular flexibility index (Phi) is 6.49. The predicted molar refractivity (Wildman–Crippen MR) is 114 cm³/mol. The van der Waals surface area contributed by atoms with Crippen LogP contribution in [0.1, 0.15) is 36.7 Å². The zero-order chi connectivity index (χ0) is 20.9. The molecule has 0 atom stereocenters. The lowest BCUT2D eigenvalue weighted by molar-refractivity contribution is 0.0919. The highest BCUT2D eigenvalue weighted by Gasteiger charge is 2.21. The summed E-state index contributed by atoms with van der Waals surface area (Å²) >= 11 is 0. The molecular formula is C22H29N5O2. The van der Waals surface area contributed by atoms with Crippen LogP contribution in [0.3, 0.4) is 0 Å². The molecule has 1 saturated heterocycles. The topological polar surface area (TPSA) is 77.6 Å². The van der Waals surface area contributed by atoms with Gasteiger partial charge in [0, 0.05) is 61.9 Å². The summed E-state index contributed by atoms with van der Waals surface area (Å²) in [5.74, 6) is -0.124. The molecule has 3 rings (SSSR count). The van der Waals surface area contributed by atoms with E-state index in [4.69, 9.17) is 0 Å². The summed E-state index contributed by atoms with van der Waals surface area (Å²) in [6, 6.07) is 10.9. The molecule has 1 aliphatic heterocycles. The molecule has 1 fully saturated rings. The number of aromatic nitrogens is 1. The third kappa shape index (κ3) is 6.29. The molecule has 2 aromatic rings. The molecule has 2 N–H and O–H groups in total. The lowest BCUT2D eigenvalue weighted by Crippen LogP contribution is -2.49. The highest BCUT2D eigenvalue weighted by molar-refractivity contribution is 5.96. The number of urea groups is 1. The SMILES string of the molecule is CC(C)(C)NC(=O)c1ccc(NC(=O)N2CCN(Cc3ccncc3)CC2)cc1. The number of hydrogen-bond acceptors (Lipinski definition) is 4. The van der Waals surface area contributed by atoms with E-state index in [-0.39, 0.29) is 17.5 Å². The largest absolute Gasteiger partial charge is 0.347 e. The van der Waals surface area contributed by atoms with Crippen molar-refractivity contribution in [3.8, 4) is 0 Å². The van der Waals surface area contributed by atoms with Gasteiger partial charge in [0.05, 0.1) is 0 Å². The number of pyridine rings is 1. The van der Waals surface area contributed by atoms with Crippen molar-refractivity contribution in [3.63, 3.8) is 0 Å². The quantitative estimate of drug-likeness (QED) is 0.834. The molecule has 1 aromatic carbocycles. The van der Waals surface area contributed by atoms with Crippen molar-refractivity contribution in [2.24, 2.45) is 0 Å². The van der Waals surface area contributed by atoms with Crippen molar-refractivity contribution >= 4 is 17.6 Å². The first-order valence-corrected chi connectivity index (χ1v) is 9.90. The minimum absolute atomic E-state index is 0.111. The van der Waals surface area contributed by atoms with E-state index in [0.29, 0.717) is 24.3 Å². The van der Waals surface area contributed by atoms with E-state index in [2.05, 4.69) is 20.5 Å². The molecule has 1 aromatic heterocycles. The highest BCUT2D eigenvalue weighted by atomic mass is 16.2. The summed E-state index contributed by atoms with van der Waals surface area (Å²) in [5, 5.41) is 5.85. The molecule has 154 valence electrons. The second kappa shape index (κ2) is 9.05. The van der Waals surface area contributed by atoms with Gasteiger partial charge in [-0.15, -0.1) is 0 Å². The molecule has 0 unspecified atom stereocenters. The lowest BCUT2D eigenvalue weighted by Gasteiger charge is -2.34. The van der Waals surface area contributed by atoms with Crippen LogP contribution in [0.15, 0.2) is 48.8 Å². The van der Waals surface area contributed by atoms with E-state index < -0.39 is 0 Å². The van der Waals surface area contributed by atoms with E-state index >= 15 is 0 Å². The van der Waals surface area contributed by atoms with Crippen molar-refractivity contribution in [3.05, 3.63) is 59.9 Å². The van der Waals surface area contributed by atoms with Gasteiger partial charge in [-0.25, -0.2) is 4.79 Å². The fourth-order valence-corrected chi connectivity index (χ4v) is 3.18. The summed E-state index contributed by atoms with van der Waals surface area (Å²) in [5.41, 5.74) is 2.20. The molecule has 0 saturated carbocycles. The van der Waals surface area contributed by atoms with Gasteiger partial charge in [-0.1, -0.05) is 0 Å². The summed E-state index contributed by atoms with van der Waals surface area (Å²) in [6.45, 7) is 9.73. The van der Waals surface area contributed by atoms with Gasteiger partial charge in [0.15, 0.2) is 0 Å². The van der Waals surface area contributed by atoms with Gasteiger partial charge in [0.1, 0.15) is 0 Å². The fraction of sp³-hybridized carbons (Fsp3) is 0.409. The minimum Gasteiger partial charge on any atom is -0.347 e. The normalized spacial score (nSPS) is 15.1. The molecule has 7 heteroatoms. The van der Waals surface area contributed by atoms with Crippen LogP contribution < -0.4 is 10.6 Å². The standard InChI is InChI=1S/C22H29N5O2/c1-22(2,3)25-20(28)18-4-6-19(7-5-18)24-21(29)27-14-12-26(13-15-27)16-17-8-10-23-11-9-17/h4-11H,12-16H2,1-3H3,(H,24,29)(H,25,28). The average molecular weight is 396 g/mol. The number of benzene rings is 1. The zero-order valence-electron chi connectivity index (χ0n) is 17.3. The second-order valence-corrected chi connectivity index (χ2v) is 8.33. The van der Waals surface area contributed by atoms with E-state index in [1.807, 2.05) is 37.8 Å². The average Bonchev–Trinajstić information content (AvgIpc) is 2.68. The molecule has 0 bridgehead atoms. The molecular weight excluding hydrogens is 366 g/mol. The molecule has 7 nitrogen and oxygen atoms in total. The molecule has 0 aliphatic carbocycles. The highest BCUT2D eigenvalue weighted by Crippen LogP contribution is 2.13. The number of nitrogens with one attached hydrogen (secondary N) is 2. The van der Waals surface area contributed by atoms with E-state index in [9.17, 15) is 9.59 Å². The smallest absolute Gasteiger partial charge is 0.321 e. The Hall–Kier alpha value is -2.93. The zero-order valence-corrected chi connectivity index (χ0v) is 17.3. The molecule has 0 spiro atoms. The molecule has 3 amide bonds. The Morgan fingerprint density at radius 1 is 0.966 bits per heavy atom. The van der Waals surface area contributed by atoms with Crippen LogP contribution in [0.2, 0.25) is 0 Å². The van der Waals surface area contributed by atoms with Gasteiger partial charge in [0.25, 0.3) is 5.91 Å². The number of rotatable bonds is 4. The molecule has 2 heterocycles. The van der Waals surface area contributed by atoms with Gasteiger partial charge < -0.3 is 15.5 Å². The number of anilines is 1. The minimum atomic E-state index is -0.288. The van der Waals surface area contributed by atoms with Crippen molar-refractivity contribution < 1.29 is 9.59 Å². The fourth-order valence-electron chi connectivity index (χ4n) is 3.18. The van der Waals surface area contributed by atoms with Crippen LogP contribution in [0.25, 0.3) is 0 Å². The molecule has 1 aliphatic rings. The predicted octanol–water partition coefficient (Wildman–Crippen LogP) is 2.96. The van der Waals surface area contributed by atoms with Gasteiger partial charge in [-0.05, 0) is 62.7 Å². The summed E-state index contributed by atoms with van der Waals surface area (Å²) < 4.78 is 0. The van der Waals surface area contributed by atoms with Crippen molar-refractivity contribution in [2.75, 3.05) is 31.5 Å². The first kappa shape index (κ1) is 20.8. The van der Waals surface area contributed by atoms with Gasteiger partial charge in [-0.3, -0.25) is 14.7 Å². The molecule has 0 radical (unpaired) electrons. The number of nitrogens with zero attached hydrogens (tertiary/aromatic N) is 3. The van der Waals surface area contributed by atoms with E-state index in [1.165, 1.54) is 5.56 Å².